The van der Waals surface area contributed by atoms with Gasteiger partial charge in [0.1, 0.15) is 0 Å². The summed E-state index contributed by atoms with van der Waals surface area (Å²) in [5.41, 5.74) is 0.691. The minimum atomic E-state index is -5.08. The van der Waals surface area contributed by atoms with Gasteiger partial charge in [0.05, 0.1) is 17.0 Å². The summed E-state index contributed by atoms with van der Waals surface area (Å²) >= 11 is 0. The number of carbonyl (C=O) groups is 1. The van der Waals surface area contributed by atoms with Crippen molar-refractivity contribution in [2.75, 3.05) is 6.54 Å². The van der Waals surface area contributed by atoms with Gasteiger partial charge in [0, 0.05) is 12.2 Å². The number of halogens is 3. The number of carboxylic acid groups (broad SMARTS) is 1. The maximum Gasteiger partial charge on any atom is 0.490 e. The van der Waals surface area contributed by atoms with Crippen LogP contribution in [0, 0.1) is 0 Å². The zero-order valence-electron chi connectivity index (χ0n) is 20.7. The summed E-state index contributed by atoms with van der Waals surface area (Å²) in [5, 5.41) is 15.1. The molecule has 1 aliphatic heterocycles. The molecule has 0 radical (unpaired) electrons. The van der Waals surface area contributed by atoms with Crippen LogP contribution >= 0.6 is 0 Å². The minimum Gasteiger partial charge on any atom is -0.475 e. The molecule has 1 atom stereocenters. The maximum atomic E-state index is 12.8. The van der Waals surface area contributed by atoms with Crippen LogP contribution in [-0.2, 0) is 11.3 Å². The van der Waals surface area contributed by atoms with Crippen LogP contribution in [0.15, 0.2) is 20.2 Å². The number of nitrogens with zero attached hydrogens (tertiary/aromatic N) is 4. The zero-order chi connectivity index (χ0) is 27.3. The third-order valence-electron chi connectivity index (χ3n) is 5.79. The van der Waals surface area contributed by atoms with E-state index in [1.54, 1.807) is 0 Å². The number of aliphatic carboxylic acids is 1. The van der Waals surface area contributed by atoms with Crippen molar-refractivity contribution in [3.63, 3.8) is 0 Å². The number of alkyl halides is 3. The van der Waals surface area contributed by atoms with E-state index in [4.69, 9.17) is 14.4 Å². The monoisotopic (exact) mass is 526 g/mol. The highest BCUT2D eigenvalue weighted by Gasteiger charge is 2.38. The normalized spacial score (nSPS) is 16.4. The number of aryl methyl sites for hydroxylation is 1. The average molecular weight is 527 g/mol. The van der Waals surface area contributed by atoms with Crippen molar-refractivity contribution in [2.45, 2.75) is 77.6 Å². The molecule has 4 rings (SSSR count). The molecule has 1 aliphatic rings. The first-order valence-electron chi connectivity index (χ1n) is 12.0. The van der Waals surface area contributed by atoms with Crippen LogP contribution < -0.4 is 16.6 Å². The molecule has 1 fully saturated rings. The Balaban J connectivity index is 0.000000479. The van der Waals surface area contributed by atoms with Gasteiger partial charge in [-0.05, 0) is 37.8 Å². The average Bonchev–Trinajstić information content (AvgIpc) is 3.16. The smallest absolute Gasteiger partial charge is 0.475 e. The van der Waals surface area contributed by atoms with Gasteiger partial charge < -0.3 is 14.9 Å². The number of hydrogen-bond donors (Lipinski definition) is 3. The summed E-state index contributed by atoms with van der Waals surface area (Å²) in [6.07, 6.45) is 0.0374. The number of fused-ring (bicyclic) bond motifs is 1. The second-order valence-electron chi connectivity index (χ2n) is 8.98. The second-order valence-corrected chi connectivity index (χ2v) is 8.98. The van der Waals surface area contributed by atoms with E-state index >= 15 is 0 Å². The summed E-state index contributed by atoms with van der Waals surface area (Å²) < 4.78 is 38.8. The van der Waals surface area contributed by atoms with Crippen LogP contribution in [0.3, 0.4) is 0 Å². The Kier molecular flexibility index (Phi) is 8.84. The number of rotatable bonds is 5. The van der Waals surface area contributed by atoms with Gasteiger partial charge in [0.15, 0.2) is 11.5 Å². The summed E-state index contributed by atoms with van der Waals surface area (Å²) in [5.74, 6) is -1.78. The van der Waals surface area contributed by atoms with E-state index in [0.717, 1.165) is 37.9 Å². The Labute approximate surface area is 209 Å². The Morgan fingerprint density at radius 1 is 1.24 bits per heavy atom. The number of carboxylic acids is 1. The zero-order valence-corrected chi connectivity index (χ0v) is 20.7. The molecule has 1 unspecified atom stereocenters. The first-order chi connectivity index (χ1) is 17.4. The molecule has 0 spiro atoms. The van der Waals surface area contributed by atoms with Crippen LogP contribution in [0.2, 0.25) is 0 Å². The molecule has 3 aromatic heterocycles. The molecule has 14 heteroatoms. The summed E-state index contributed by atoms with van der Waals surface area (Å²) in [6.45, 7) is 7.39. The van der Waals surface area contributed by atoms with Gasteiger partial charge in [-0.3, -0.25) is 14.3 Å². The quantitative estimate of drug-likeness (QED) is 0.453. The molecule has 3 N–H and O–H groups in total. The molecule has 0 aliphatic carbocycles. The number of nitrogens with one attached hydrogen (secondary N) is 2. The van der Waals surface area contributed by atoms with E-state index in [2.05, 4.69) is 25.4 Å². The molecule has 202 valence electrons. The van der Waals surface area contributed by atoms with Gasteiger partial charge in [-0.2, -0.15) is 18.2 Å². The number of aromatic amines is 1. The Bertz CT molecular complexity index is 1350. The summed E-state index contributed by atoms with van der Waals surface area (Å²) in [4.78, 5) is 45.8. The van der Waals surface area contributed by atoms with Crippen molar-refractivity contribution in [1.82, 2.24) is 30.0 Å². The lowest BCUT2D eigenvalue weighted by atomic mass is 10.0. The molecule has 0 amide bonds. The predicted octanol–water partition coefficient (Wildman–Crippen LogP) is 3.51. The number of H-pyrrole nitrogens is 1. The molecule has 0 bridgehead atoms. The Hall–Kier alpha value is -3.55. The van der Waals surface area contributed by atoms with Crippen molar-refractivity contribution >= 4 is 17.0 Å². The van der Waals surface area contributed by atoms with E-state index in [0.29, 0.717) is 29.0 Å². The van der Waals surface area contributed by atoms with Crippen LogP contribution in [0.1, 0.15) is 76.4 Å². The lowest BCUT2D eigenvalue weighted by Gasteiger charge is -2.13. The van der Waals surface area contributed by atoms with E-state index in [-0.39, 0.29) is 17.9 Å². The highest BCUT2D eigenvalue weighted by molar-refractivity contribution is 5.90. The fourth-order valence-corrected chi connectivity index (χ4v) is 3.92. The van der Waals surface area contributed by atoms with Gasteiger partial charge in [-0.15, -0.1) is 0 Å². The highest BCUT2D eigenvalue weighted by atomic mass is 19.4. The number of hydrogen-bond acceptors (Lipinski definition) is 8. The summed E-state index contributed by atoms with van der Waals surface area (Å²) in [6, 6.07) is 1.86. The molecule has 11 nitrogen and oxygen atoms in total. The first kappa shape index (κ1) is 28.0. The lowest BCUT2D eigenvalue weighted by molar-refractivity contribution is -0.192. The first-order valence-corrected chi connectivity index (χ1v) is 12.0. The van der Waals surface area contributed by atoms with E-state index < -0.39 is 23.4 Å². The van der Waals surface area contributed by atoms with Gasteiger partial charge in [-0.25, -0.2) is 14.6 Å². The number of aromatic nitrogens is 5. The number of pyridine rings is 1. The van der Waals surface area contributed by atoms with Crippen LogP contribution in [0.5, 0.6) is 0 Å². The third-order valence-corrected chi connectivity index (χ3v) is 5.79. The Morgan fingerprint density at radius 3 is 2.57 bits per heavy atom. The fourth-order valence-electron chi connectivity index (χ4n) is 3.92. The van der Waals surface area contributed by atoms with Gasteiger partial charge in [0.2, 0.25) is 0 Å². The molecule has 37 heavy (non-hydrogen) atoms. The predicted molar refractivity (Wildman–Crippen MR) is 127 cm³/mol. The molecule has 1 saturated heterocycles. The largest absolute Gasteiger partial charge is 0.490 e. The minimum absolute atomic E-state index is 0.0410. The van der Waals surface area contributed by atoms with Crippen molar-refractivity contribution in [3.8, 4) is 11.5 Å². The lowest BCUT2D eigenvalue weighted by Crippen LogP contribution is -2.31. The van der Waals surface area contributed by atoms with Crippen LogP contribution in [-0.4, -0.2) is 48.5 Å². The highest BCUT2D eigenvalue weighted by Crippen LogP contribution is 2.29. The van der Waals surface area contributed by atoms with Crippen molar-refractivity contribution in [1.29, 1.82) is 0 Å². The molecule has 4 heterocycles. The van der Waals surface area contributed by atoms with Crippen LogP contribution in [0.4, 0.5) is 13.2 Å². The van der Waals surface area contributed by atoms with E-state index in [1.807, 2.05) is 26.8 Å². The topological polar surface area (TPSA) is 156 Å². The molecular formula is C23H29F3N6O5. The molecule has 3 aromatic rings. The van der Waals surface area contributed by atoms with Crippen molar-refractivity contribution < 1.29 is 27.6 Å². The van der Waals surface area contributed by atoms with Gasteiger partial charge in [0.25, 0.3) is 11.4 Å². The Morgan fingerprint density at radius 2 is 1.95 bits per heavy atom. The second kappa shape index (κ2) is 11.7. The SMILES string of the molecule is CCCn1c(=O)[nH]c(=O)c2c(-c3nc(C4CCCCCN4)no3)cc(C(C)C)nc21.O=C(O)C(F)(F)F. The van der Waals surface area contributed by atoms with E-state index in [9.17, 15) is 22.8 Å². The van der Waals surface area contributed by atoms with Crippen LogP contribution in [0.25, 0.3) is 22.5 Å². The van der Waals surface area contributed by atoms with Crippen molar-refractivity contribution in [2.24, 2.45) is 0 Å². The van der Waals surface area contributed by atoms with E-state index in [1.165, 1.54) is 11.0 Å². The molecule has 0 aromatic carbocycles. The van der Waals surface area contributed by atoms with Gasteiger partial charge in [-0.1, -0.05) is 38.8 Å². The van der Waals surface area contributed by atoms with Crippen molar-refractivity contribution in [3.05, 3.63) is 38.4 Å². The summed E-state index contributed by atoms with van der Waals surface area (Å²) in [7, 11) is 0. The molecule has 0 saturated carbocycles. The standard InChI is InChI=1S/C21H28N6O3.C2HF3O2/c1-4-10-27-18-16(19(28)25-21(27)29)13(11-15(23-18)12(2)3)20-24-17(26-30-20)14-8-6-5-7-9-22-14;3-2(4,5)1(6)7/h11-12,14,22H,4-10H2,1-3H3,(H,25,28,29);(H,6,7). The fraction of sp³-hybridized carbons (Fsp3) is 0.565. The third kappa shape index (κ3) is 6.61. The molecular weight excluding hydrogens is 497 g/mol. The maximum absolute atomic E-state index is 12.8. The van der Waals surface area contributed by atoms with Gasteiger partial charge >= 0.3 is 17.8 Å².